The van der Waals surface area contributed by atoms with Gasteiger partial charge in [0.05, 0.1) is 0 Å². The minimum atomic E-state index is 0.223. The number of ether oxygens (including phenoxy) is 1. The van der Waals surface area contributed by atoms with Crippen molar-refractivity contribution in [1.82, 2.24) is 9.80 Å². The lowest BCUT2D eigenvalue weighted by Gasteiger charge is -2.36. The van der Waals surface area contributed by atoms with Gasteiger partial charge in [0.2, 0.25) is 5.91 Å². The molecule has 3 saturated heterocycles. The molecule has 2 atom stereocenters. The van der Waals surface area contributed by atoms with Gasteiger partial charge in [-0.25, -0.2) is 0 Å². The summed E-state index contributed by atoms with van der Waals surface area (Å²) in [6, 6.07) is 1.10. The molecule has 0 aliphatic carbocycles. The first kappa shape index (κ1) is 14.3. The van der Waals surface area contributed by atoms with Crippen molar-refractivity contribution in [2.24, 2.45) is 5.92 Å². The van der Waals surface area contributed by atoms with Gasteiger partial charge in [-0.15, -0.1) is 0 Å². The van der Waals surface area contributed by atoms with Gasteiger partial charge in [0, 0.05) is 37.8 Å². The van der Waals surface area contributed by atoms with Crippen LogP contribution in [0.5, 0.6) is 0 Å². The molecular weight excluding hydrogens is 252 g/mol. The molecule has 4 nitrogen and oxygen atoms in total. The van der Waals surface area contributed by atoms with E-state index < -0.39 is 0 Å². The van der Waals surface area contributed by atoms with Crippen molar-refractivity contribution >= 4 is 5.91 Å². The SMILES string of the molecule is CCN1CCC[C@H]1[C@H]1CCCN1C(=O)C1CCOCC1. The first-order valence-electron chi connectivity index (χ1n) is 8.43. The van der Waals surface area contributed by atoms with Crippen molar-refractivity contribution in [2.75, 3.05) is 32.8 Å². The first-order chi connectivity index (χ1) is 9.81. The van der Waals surface area contributed by atoms with Crippen LogP contribution in [0.4, 0.5) is 0 Å². The van der Waals surface area contributed by atoms with E-state index in [1.54, 1.807) is 0 Å². The fraction of sp³-hybridized carbons (Fsp3) is 0.938. The Hall–Kier alpha value is -0.610. The van der Waals surface area contributed by atoms with Crippen LogP contribution in [-0.4, -0.2) is 60.6 Å². The number of carbonyl (C=O) groups excluding carboxylic acids is 1. The second-order valence-corrected chi connectivity index (χ2v) is 6.47. The highest BCUT2D eigenvalue weighted by Gasteiger charge is 2.40. The molecule has 3 fully saturated rings. The lowest BCUT2D eigenvalue weighted by molar-refractivity contribution is -0.140. The zero-order chi connectivity index (χ0) is 13.9. The summed E-state index contributed by atoms with van der Waals surface area (Å²) in [5.74, 6) is 0.639. The van der Waals surface area contributed by atoms with Gasteiger partial charge in [-0.05, 0) is 51.6 Å². The molecule has 0 bridgehead atoms. The third-order valence-corrected chi connectivity index (χ3v) is 5.42. The summed E-state index contributed by atoms with van der Waals surface area (Å²) >= 11 is 0. The van der Waals surface area contributed by atoms with Crippen LogP contribution in [-0.2, 0) is 9.53 Å². The van der Waals surface area contributed by atoms with Gasteiger partial charge in [-0.3, -0.25) is 9.69 Å². The molecule has 20 heavy (non-hydrogen) atoms. The van der Waals surface area contributed by atoms with Crippen molar-refractivity contribution < 1.29 is 9.53 Å². The molecule has 114 valence electrons. The third-order valence-electron chi connectivity index (χ3n) is 5.42. The Labute approximate surface area is 122 Å². The molecule has 1 amide bonds. The van der Waals surface area contributed by atoms with Crippen molar-refractivity contribution in [3.8, 4) is 0 Å². The minimum absolute atomic E-state index is 0.223. The highest BCUT2D eigenvalue weighted by atomic mass is 16.5. The van der Waals surface area contributed by atoms with Crippen LogP contribution in [0.1, 0.15) is 45.4 Å². The molecule has 0 aromatic rings. The fourth-order valence-corrected chi connectivity index (χ4v) is 4.33. The molecule has 0 saturated carbocycles. The van der Waals surface area contributed by atoms with Crippen LogP contribution in [0, 0.1) is 5.92 Å². The molecule has 0 spiro atoms. The van der Waals surface area contributed by atoms with Crippen molar-refractivity contribution in [1.29, 1.82) is 0 Å². The van der Waals surface area contributed by atoms with Gasteiger partial charge in [0.25, 0.3) is 0 Å². The number of hydrogen-bond donors (Lipinski definition) is 0. The highest BCUT2D eigenvalue weighted by molar-refractivity contribution is 5.79. The van der Waals surface area contributed by atoms with E-state index in [1.165, 1.54) is 32.2 Å². The molecule has 0 aromatic heterocycles. The van der Waals surface area contributed by atoms with E-state index in [0.29, 0.717) is 18.0 Å². The van der Waals surface area contributed by atoms with Crippen LogP contribution < -0.4 is 0 Å². The summed E-state index contributed by atoms with van der Waals surface area (Å²) in [5.41, 5.74) is 0. The minimum Gasteiger partial charge on any atom is -0.381 e. The van der Waals surface area contributed by atoms with Crippen molar-refractivity contribution in [3.05, 3.63) is 0 Å². The Balaban J connectivity index is 1.66. The smallest absolute Gasteiger partial charge is 0.226 e. The standard InChI is InChI=1S/C16H28N2O2/c1-2-17-9-3-5-14(17)15-6-4-10-18(15)16(19)13-7-11-20-12-8-13/h13-15H,2-12H2,1H3/t14-,15+/m0/s1. The zero-order valence-corrected chi connectivity index (χ0v) is 12.7. The quantitative estimate of drug-likeness (QED) is 0.791. The molecule has 3 aliphatic heterocycles. The Morgan fingerprint density at radius 3 is 2.50 bits per heavy atom. The Morgan fingerprint density at radius 1 is 1.05 bits per heavy atom. The molecule has 3 aliphatic rings. The number of amides is 1. The van der Waals surface area contributed by atoms with Crippen molar-refractivity contribution in [3.63, 3.8) is 0 Å². The van der Waals surface area contributed by atoms with Gasteiger partial charge < -0.3 is 9.64 Å². The predicted octanol–water partition coefficient (Wildman–Crippen LogP) is 1.89. The molecule has 0 N–H and O–H groups in total. The average molecular weight is 280 g/mol. The third kappa shape index (κ3) is 2.73. The monoisotopic (exact) mass is 280 g/mol. The molecule has 4 heteroatoms. The van der Waals surface area contributed by atoms with Gasteiger partial charge in [0.1, 0.15) is 0 Å². The lowest BCUT2D eigenvalue weighted by Crippen LogP contribution is -2.50. The molecule has 0 aromatic carbocycles. The average Bonchev–Trinajstić information content (AvgIpc) is 3.15. The summed E-state index contributed by atoms with van der Waals surface area (Å²) < 4.78 is 5.39. The summed E-state index contributed by atoms with van der Waals surface area (Å²) in [6.07, 6.45) is 6.81. The predicted molar refractivity (Wildman–Crippen MR) is 78.5 cm³/mol. The largest absolute Gasteiger partial charge is 0.381 e. The van der Waals surface area contributed by atoms with Crippen LogP contribution in [0.15, 0.2) is 0 Å². The number of nitrogens with zero attached hydrogens (tertiary/aromatic N) is 2. The topological polar surface area (TPSA) is 32.8 Å². The van der Waals surface area contributed by atoms with E-state index in [0.717, 1.165) is 39.1 Å². The molecular formula is C16H28N2O2. The van der Waals surface area contributed by atoms with Crippen LogP contribution in [0.2, 0.25) is 0 Å². The summed E-state index contributed by atoms with van der Waals surface area (Å²) in [7, 11) is 0. The zero-order valence-electron chi connectivity index (χ0n) is 12.7. The molecule has 3 heterocycles. The van der Waals surface area contributed by atoms with E-state index in [4.69, 9.17) is 4.74 Å². The number of rotatable bonds is 3. The van der Waals surface area contributed by atoms with E-state index in [-0.39, 0.29) is 5.92 Å². The number of likely N-dealkylation sites (tertiary alicyclic amines) is 2. The lowest BCUT2D eigenvalue weighted by atomic mass is 9.96. The number of likely N-dealkylation sites (N-methyl/N-ethyl adjacent to an activating group) is 1. The Morgan fingerprint density at radius 2 is 1.75 bits per heavy atom. The van der Waals surface area contributed by atoms with Gasteiger partial charge in [-0.1, -0.05) is 6.92 Å². The number of carbonyl (C=O) groups is 1. The van der Waals surface area contributed by atoms with Gasteiger partial charge in [0.15, 0.2) is 0 Å². The maximum Gasteiger partial charge on any atom is 0.226 e. The number of hydrogen-bond acceptors (Lipinski definition) is 3. The van der Waals surface area contributed by atoms with Crippen LogP contribution >= 0.6 is 0 Å². The molecule has 3 rings (SSSR count). The van der Waals surface area contributed by atoms with E-state index >= 15 is 0 Å². The Kier molecular flexibility index (Phi) is 4.61. The second kappa shape index (κ2) is 6.44. The summed E-state index contributed by atoms with van der Waals surface area (Å²) in [4.78, 5) is 17.6. The van der Waals surface area contributed by atoms with E-state index in [1.807, 2.05) is 0 Å². The second-order valence-electron chi connectivity index (χ2n) is 6.47. The molecule has 0 radical (unpaired) electrons. The Bertz CT molecular complexity index is 341. The highest BCUT2D eigenvalue weighted by Crippen LogP contribution is 2.32. The fourth-order valence-electron chi connectivity index (χ4n) is 4.33. The van der Waals surface area contributed by atoms with Crippen LogP contribution in [0.3, 0.4) is 0 Å². The summed E-state index contributed by atoms with van der Waals surface area (Å²) in [5, 5.41) is 0. The molecule has 0 unspecified atom stereocenters. The van der Waals surface area contributed by atoms with Crippen LogP contribution in [0.25, 0.3) is 0 Å². The first-order valence-corrected chi connectivity index (χ1v) is 8.43. The van der Waals surface area contributed by atoms with E-state index in [9.17, 15) is 4.79 Å². The van der Waals surface area contributed by atoms with E-state index in [2.05, 4.69) is 16.7 Å². The van der Waals surface area contributed by atoms with Crippen molar-refractivity contribution in [2.45, 2.75) is 57.5 Å². The van der Waals surface area contributed by atoms with Gasteiger partial charge in [-0.2, -0.15) is 0 Å². The maximum atomic E-state index is 12.8. The summed E-state index contributed by atoms with van der Waals surface area (Å²) in [6.45, 7) is 7.10. The normalized spacial score (nSPS) is 33.0. The maximum absolute atomic E-state index is 12.8. The van der Waals surface area contributed by atoms with Gasteiger partial charge >= 0.3 is 0 Å².